The van der Waals surface area contributed by atoms with Gasteiger partial charge >= 0.3 is 5.97 Å². The van der Waals surface area contributed by atoms with Gasteiger partial charge in [-0.3, -0.25) is 4.79 Å². The number of hydrogen-bond donors (Lipinski definition) is 0. The fourth-order valence-corrected chi connectivity index (χ4v) is 1.70. The zero-order valence-corrected chi connectivity index (χ0v) is 11.1. The molecule has 0 atom stereocenters. The number of carbonyl (C=O) groups excluding carboxylic acids is 2. The van der Waals surface area contributed by atoms with Crippen molar-refractivity contribution in [3.05, 3.63) is 63.6 Å². The molecule has 0 radical (unpaired) electrons. The largest absolute Gasteiger partial charge is 0.423 e. The van der Waals surface area contributed by atoms with Gasteiger partial charge in [0, 0.05) is 5.56 Å². The first kappa shape index (κ1) is 13.6. The second kappa shape index (κ2) is 5.87. The van der Waals surface area contributed by atoms with Crippen LogP contribution in [0.4, 0.5) is 0 Å². The van der Waals surface area contributed by atoms with E-state index in [0.29, 0.717) is 28.2 Å². The SMILES string of the molecule is O=Cc1ccc(OC(=O)c2ccc(Cl)c(Cl)c2)cc1. The molecule has 3 nitrogen and oxygen atoms in total. The Kier molecular flexibility index (Phi) is 4.20. The van der Waals surface area contributed by atoms with Crippen molar-refractivity contribution >= 4 is 35.5 Å². The summed E-state index contributed by atoms with van der Waals surface area (Å²) in [4.78, 5) is 22.3. The van der Waals surface area contributed by atoms with Gasteiger partial charge in [0.05, 0.1) is 15.6 Å². The normalized spacial score (nSPS) is 10.0. The Balaban J connectivity index is 2.15. The highest BCUT2D eigenvalue weighted by molar-refractivity contribution is 6.42. The molecule has 0 aliphatic heterocycles. The Morgan fingerprint density at radius 3 is 2.26 bits per heavy atom. The van der Waals surface area contributed by atoms with Crippen molar-refractivity contribution in [2.45, 2.75) is 0 Å². The molecule has 96 valence electrons. The molecule has 5 heteroatoms. The van der Waals surface area contributed by atoms with E-state index < -0.39 is 5.97 Å². The molecular weight excluding hydrogens is 287 g/mol. The molecule has 0 heterocycles. The van der Waals surface area contributed by atoms with Crippen molar-refractivity contribution in [1.29, 1.82) is 0 Å². The van der Waals surface area contributed by atoms with Gasteiger partial charge in [-0.15, -0.1) is 0 Å². The van der Waals surface area contributed by atoms with Crippen molar-refractivity contribution in [2.24, 2.45) is 0 Å². The van der Waals surface area contributed by atoms with Crippen LogP contribution in [0.5, 0.6) is 5.75 Å². The summed E-state index contributed by atoms with van der Waals surface area (Å²) >= 11 is 11.6. The summed E-state index contributed by atoms with van der Waals surface area (Å²) in [5.74, 6) is -0.195. The predicted octanol–water partition coefficient (Wildman–Crippen LogP) is 4.03. The molecule has 0 unspecified atom stereocenters. The van der Waals surface area contributed by atoms with Gasteiger partial charge in [-0.25, -0.2) is 4.79 Å². The zero-order valence-electron chi connectivity index (χ0n) is 9.60. The quantitative estimate of drug-likeness (QED) is 0.488. The molecule has 0 fully saturated rings. The van der Waals surface area contributed by atoms with Crippen LogP contribution in [0.15, 0.2) is 42.5 Å². The van der Waals surface area contributed by atoms with Crippen LogP contribution >= 0.6 is 23.2 Å². The Morgan fingerprint density at radius 2 is 1.68 bits per heavy atom. The number of carbonyl (C=O) groups is 2. The first-order chi connectivity index (χ1) is 9.10. The minimum absolute atomic E-state index is 0.285. The van der Waals surface area contributed by atoms with E-state index in [1.54, 1.807) is 24.3 Å². The number of halogens is 2. The third-order valence-electron chi connectivity index (χ3n) is 2.38. The van der Waals surface area contributed by atoms with Crippen LogP contribution in [0.1, 0.15) is 20.7 Å². The lowest BCUT2D eigenvalue weighted by Gasteiger charge is -2.05. The summed E-state index contributed by atoms with van der Waals surface area (Å²) < 4.78 is 5.14. The van der Waals surface area contributed by atoms with E-state index in [1.165, 1.54) is 18.2 Å². The molecular formula is C14H8Cl2O3. The van der Waals surface area contributed by atoms with E-state index in [0.717, 1.165) is 0 Å². The van der Waals surface area contributed by atoms with Crippen LogP contribution in [0.3, 0.4) is 0 Å². The summed E-state index contributed by atoms with van der Waals surface area (Å²) in [7, 11) is 0. The molecule has 2 rings (SSSR count). The number of hydrogen-bond acceptors (Lipinski definition) is 3. The smallest absolute Gasteiger partial charge is 0.343 e. The summed E-state index contributed by atoms with van der Waals surface area (Å²) in [5, 5.41) is 0.654. The van der Waals surface area contributed by atoms with E-state index in [2.05, 4.69) is 0 Å². The predicted molar refractivity (Wildman–Crippen MR) is 73.3 cm³/mol. The molecule has 0 saturated heterocycles. The van der Waals surface area contributed by atoms with Crippen molar-refractivity contribution < 1.29 is 14.3 Å². The van der Waals surface area contributed by atoms with E-state index in [-0.39, 0.29) is 5.02 Å². The summed E-state index contributed by atoms with van der Waals surface area (Å²) in [5.41, 5.74) is 0.809. The lowest BCUT2D eigenvalue weighted by atomic mass is 10.2. The molecule has 2 aromatic rings. The van der Waals surface area contributed by atoms with Crippen LogP contribution in [0.25, 0.3) is 0 Å². The topological polar surface area (TPSA) is 43.4 Å². The van der Waals surface area contributed by atoms with Crippen LogP contribution < -0.4 is 4.74 Å². The molecule has 19 heavy (non-hydrogen) atoms. The van der Waals surface area contributed by atoms with Gasteiger partial charge in [0.2, 0.25) is 0 Å². The lowest BCUT2D eigenvalue weighted by molar-refractivity contribution is 0.0734. The summed E-state index contributed by atoms with van der Waals surface area (Å²) in [6.07, 6.45) is 0.713. The maximum atomic E-state index is 11.8. The third-order valence-corrected chi connectivity index (χ3v) is 3.12. The van der Waals surface area contributed by atoms with Crippen LogP contribution in [0.2, 0.25) is 10.0 Å². The number of aldehydes is 1. The average Bonchev–Trinajstić information content (AvgIpc) is 2.42. The van der Waals surface area contributed by atoms with Gasteiger partial charge in [0.15, 0.2) is 0 Å². The van der Waals surface area contributed by atoms with E-state index in [9.17, 15) is 9.59 Å². The molecule has 0 saturated carbocycles. The number of rotatable bonds is 3. The maximum absolute atomic E-state index is 11.8. The first-order valence-corrected chi connectivity index (χ1v) is 6.08. The average molecular weight is 295 g/mol. The van der Waals surface area contributed by atoms with Crippen LogP contribution in [0, 0.1) is 0 Å². The first-order valence-electron chi connectivity index (χ1n) is 5.32. The van der Waals surface area contributed by atoms with Gasteiger partial charge in [-0.1, -0.05) is 23.2 Å². The Labute approximate surface area is 119 Å². The Hall–Kier alpha value is -1.84. The van der Waals surface area contributed by atoms with Crippen LogP contribution in [-0.4, -0.2) is 12.3 Å². The molecule has 2 aromatic carbocycles. The molecule has 0 spiro atoms. The Bertz CT molecular complexity index is 621. The van der Waals surface area contributed by atoms with Crippen molar-refractivity contribution in [2.75, 3.05) is 0 Å². The third kappa shape index (κ3) is 3.34. The standard InChI is InChI=1S/C14H8Cl2O3/c15-12-6-3-10(7-13(12)16)14(18)19-11-4-1-9(8-17)2-5-11/h1-8H. The summed E-state index contributed by atoms with van der Waals surface area (Å²) in [6.45, 7) is 0. The molecule has 0 bridgehead atoms. The molecule has 0 aliphatic carbocycles. The van der Waals surface area contributed by atoms with Crippen molar-refractivity contribution in [1.82, 2.24) is 0 Å². The second-order valence-corrected chi connectivity index (χ2v) is 4.52. The minimum Gasteiger partial charge on any atom is -0.423 e. The van der Waals surface area contributed by atoms with Gasteiger partial charge in [-0.05, 0) is 42.5 Å². The van der Waals surface area contributed by atoms with E-state index in [1.807, 2.05) is 0 Å². The van der Waals surface area contributed by atoms with Gasteiger partial charge < -0.3 is 4.74 Å². The van der Waals surface area contributed by atoms with E-state index >= 15 is 0 Å². The van der Waals surface area contributed by atoms with Crippen molar-refractivity contribution in [3.8, 4) is 5.75 Å². The zero-order chi connectivity index (χ0) is 13.8. The van der Waals surface area contributed by atoms with Gasteiger partial charge in [0.25, 0.3) is 0 Å². The number of benzene rings is 2. The Morgan fingerprint density at radius 1 is 1.00 bits per heavy atom. The van der Waals surface area contributed by atoms with Crippen molar-refractivity contribution in [3.63, 3.8) is 0 Å². The fraction of sp³-hybridized carbons (Fsp3) is 0. The highest BCUT2D eigenvalue weighted by atomic mass is 35.5. The monoisotopic (exact) mass is 294 g/mol. The molecule has 0 aromatic heterocycles. The maximum Gasteiger partial charge on any atom is 0.343 e. The molecule has 0 amide bonds. The second-order valence-electron chi connectivity index (χ2n) is 3.71. The van der Waals surface area contributed by atoms with Gasteiger partial charge in [0.1, 0.15) is 12.0 Å². The minimum atomic E-state index is -0.544. The lowest BCUT2D eigenvalue weighted by Crippen LogP contribution is -2.08. The number of esters is 1. The molecule has 0 aliphatic rings. The molecule has 0 N–H and O–H groups in total. The number of ether oxygens (including phenoxy) is 1. The fourth-order valence-electron chi connectivity index (χ4n) is 1.40. The highest BCUT2D eigenvalue weighted by Gasteiger charge is 2.10. The van der Waals surface area contributed by atoms with E-state index in [4.69, 9.17) is 27.9 Å². The van der Waals surface area contributed by atoms with Gasteiger partial charge in [-0.2, -0.15) is 0 Å². The summed E-state index contributed by atoms with van der Waals surface area (Å²) in [6, 6.07) is 10.7. The highest BCUT2D eigenvalue weighted by Crippen LogP contribution is 2.23. The van der Waals surface area contributed by atoms with Crippen LogP contribution in [-0.2, 0) is 0 Å².